The Balaban J connectivity index is 2.04. The van der Waals surface area contributed by atoms with Crippen molar-refractivity contribution in [2.24, 2.45) is 0 Å². The molecule has 0 radical (unpaired) electrons. The zero-order valence-electron chi connectivity index (χ0n) is 19.2. The van der Waals surface area contributed by atoms with Crippen LogP contribution in [0.1, 0.15) is 0 Å². The third kappa shape index (κ3) is 4.68. The van der Waals surface area contributed by atoms with E-state index in [2.05, 4.69) is 0 Å². The summed E-state index contributed by atoms with van der Waals surface area (Å²) < 4.78 is 17.7. The van der Waals surface area contributed by atoms with E-state index in [9.17, 15) is 19.5 Å². The molecular formula is C30H23O5P. The van der Waals surface area contributed by atoms with Gasteiger partial charge in [0.1, 0.15) is 5.75 Å². The zero-order chi connectivity index (χ0) is 25.1. The maximum atomic E-state index is 12.3. The summed E-state index contributed by atoms with van der Waals surface area (Å²) in [5.74, 6) is -0.217. The van der Waals surface area contributed by atoms with E-state index in [4.69, 9.17) is 4.52 Å². The first-order chi connectivity index (χ1) is 17.4. The number of aromatic hydroxyl groups is 1. The molecule has 0 saturated heterocycles. The van der Waals surface area contributed by atoms with Crippen LogP contribution in [0.2, 0.25) is 0 Å². The Labute approximate surface area is 209 Å². The van der Waals surface area contributed by atoms with E-state index in [-0.39, 0.29) is 17.1 Å². The molecular weight excluding hydrogens is 471 g/mol. The number of hydrogen-bond acceptors (Lipinski definition) is 3. The maximum absolute atomic E-state index is 12.3. The van der Waals surface area contributed by atoms with Gasteiger partial charge in [-0.2, -0.15) is 0 Å². The molecule has 0 aliphatic carbocycles. The molecule has 0 amide bonds. The van der Waals surface area contributed by atoms with Crippen LogP contribution in [0.25, 0.3) is 44.5 Å². The lowest BCUT2D eigenvalue weighted by Crippen LogP contribution is -2.01. The number of phosphoric acid groups is 1. The molecule has 0 aromatic heterocycles. The lowest BCUT2D eigenvalue weighted by atomic mass is 9.83. The Bertz CT molecular complexity index is 1530. The van der Waals surface area contributed by atoms with Crippen molar-refractivity contribution in [3.8, 4) is 56.0 Å². The van der Waals surface area contributed by atoms with Gasteiger partial charge in [-0.25, -0.2) is 4.57 Å². The van der Waals surface area contributed by atoms with Crippen LogP contribution < -0.4 is 4.52 Å². The number of phenolic OH excluding ortho intramolecular Hbond substituents is 1. The predicted octanol–water partition coefficient (Wildman–Crippen LogP) is 7.53. The quantitative estimate of drug-likeness (QED) is 0.212. The summed E-state index contributed by atoms with van der Waals surface area (Å²) in [7, 11) is -5.01. The average Bonchev–Trinajstić information content (AvgIpc) is 2.89. The molecule has 5 aromatic carbocycles. The Kier molecular flexibility index (Phi) is 6.45. The van der Waals surface area contributed by atoms with Gasteiger partial charge in [0.15, 0.2) is 5.75 Å². The molecule has 0 aliphatic rings. The van der Waals surface area contributed by atoms with Gasteiger partial charge in [-0.15, -0.1) is 0 Å². The molecule has 0 heterocycles. The molecule has 5 rings (SSSR count). The van der Waals surface area contributed by atoms with Gasteiger partial charge >= 0.3 is 7.82 Å². The SMILES string of the molecule is O=P(O)(O)Oc1c(-c2ccccc2)c(O)c(-c2ccccc2)c(-c2ccccc2)c1-c1ccccc1. The van der Waals surface area contributed by atoms with Crippen molar-refractivity contribution in [3.63, 3.8) is 0 Å². The normalized spacial score (nSPS) is 11.3. The standard InChI is InChI=1S/C30H23O5P/c31-29-26(22-15-7-2-8-16-22)25(21-13-5-1-6-14-21)27(23-17-9-3-10-18-23)30(35-36(32,33)34)28(29)24-19-11-4-12-20-24/h1-20,31H,(H2,32,33,34). The van der Waals surface area contributed by atoms with Crippen LogP contribution in [0.4, 0.5) is 0 Å². The number of hydrogen-bond donors (Lipinski definition) is 3. The monoisotopic (exact) mass is 494 g/mol. The lowest BCUT2D eigenvalue weighted by molar-refractivity contribution is 0.284. The van der Waals surface area contributed by atoms with Crippen molar-refractivity contribution in [1.82, 2.24) is 0 Å². The summed E-state index contributed by atoms with van der Waals surface area (Å²) in [5, 5.41) is 11.9. The number of rotatable bonds is 6. The van der Waals surface area contributed by atoms with E-state index in [1.54, 1.807) is 24.3 Å². The Hall–Kier alpha value is -4.15. The predicted molar refractivity (Wildman–Crippen MR) is 143 cm³/mol. The fraction of sp³-hybridized carbons (Fsp3) is 0. The molecule has 0 saturated carbocycles. The van der Waals surface area contributed by atoms with Crippen molar-refractivity contribution >= 4 is 7.82 Å². The van der Waals surface area contributed by atoms with Gasteiger partial charge in [0, 0.05) is 16.7 Å². The Morgan fingerprint density at radius 1 is 0.472 bits per heavy atom. The molecule has 178 valence electrons. The summed E-state index contributed by atoms with van der Waals surface area (Å²) in [4.78, 5) is 19.9. The van der Waals surface area contributed by atoms with E-state index in [0.29, 0.717) is 27.8 Å². The van der Waals surface area contributed by atoms with Gasteiger partial charge in [0.2, 0.25) is 0 Å². The second-order valence-corrected chi connectivity index (χ2v) is 9.39. The fourth-order valence-corrected chi connectivity index (χ4v) is 4.88. The molecule has 5 aromatic rings. The minimum absolute atomic E-state index is 0.0863. The molecule has 5 nitrogen and oxygen atoms in total. The van der Waals surface area contributed by atoms with Crippen LogP contribution in [-0.2, 0) is 4.57 Å². The third-order valence-electron chi connectivity index (χ3n) is 5.89. The van der Waals surface area contributed by atoms with Gasteiger partial charge in [-0.3, -0.25) is 9.79 Å². The molecule has 0 spiro atoms. The highest BCUT2D eigenvalue weighted by molar-refractivity contribution is 7.46. The smallest absolute Gasteiger partial charge is 0.506 e. The molecule has 6 heteroatoms. The summed E-state index contributed by atoms with van der Waals surface area (Å²) in [6.07, 6.45) is 0. The van der Waals surface area contributed by atoms with E-state index in [1.807, 2.05) is 97.1 Å². The first kappa shape index (κ1) is 23.6. The molecule has 36 heavy (non-hydrogen) atoms. The second kappa shape index (κ2) is 9.84. The number of benzene rings is 5. The molecule has 3 N–H and O–H groups in total. The van der Waals surface area contributed by atoms with Crippen molar-refractivity contribution in [2.75, 3.05) is 0 Å². The second-order valence-electron chi connectivity index (χ2n) is 8.22. The maximum Gasteiger partial charge on any atom is 0.524 e. The molecule has 0 aliphatic heterocycles. The summed E-state index contributed by atoms with van der Waals surface area (Å²) >= 11 is 0. The molecule has 0 bridgehead atoms. The van der Waals surface area contributed by atoms with Crippen LogP contribution >= 0.6 is 7.82 Å². The van der Waals surface area contributed by atoms with Gasteiger partial charge in [-0.1, -0.05) is 121 Å². The molecule has 0 atom stereocenters. The van der Waals surface area contributed by atoms with Crippen LogP contribution in [0, 0.1) is 0 Å². The topological polar surface area (TPSA) is 87.0 Å². The highest BCUT2D eigenvalue weighted by Gasteiger charge is 2.31. The summed E-state index contributed by atoms with van der Waals surface area (Å²) in [5.41, 5.74) is 4.59. The number of phenols is 1. The molecule has 0 unspecified atom stereocenters. The van der Waals surface area contributed by atoms with Crippen LogP contribution in [0.15, 0.2) is 121 Å². The first-order valence-electron chi connectivity index (χ1n) is 11.3. The van der Waals surface area contributed by atoms with Crippen molar-refractivity contribution < 1.29 is 24.0 Å². The van der Waals surface area contributed by atoms with Gasteiger partial charge < -0.3 is 9.63 Å². The van der Waals surface area contributed by atoms with Crippen LogP contribution in [-0.4, -0.2) is 14.9 Å². The highest BCUT2D eigenvalue weighted by atomic mass is 31.2. The summed E-state index contributed by atoms with van der Waals surface area (Å²) in [6, 6.07) is 37.1. The van der Waals surface area contributed by atoms with Crippen molar-refractivity contribution in [2.45, 2.75) is 0 Å². The van der Waals surface area contributed by atoms with E-state index < -0.39 is 7.82 Å². The van der Waals surface area contributed by atoms with E-state index in [1.165, 1.54) is 0 Å². The molecule has 0 fully saturated rings. The van der Waals surface area contributed by atoms with Gasteiger partial charge in [-0.05, 0) is 22.3 Å². The average molecular weight is 494 g/mol. The van der Waals surface area contributed by atoms with Gasteiger partial charge in [0.05, 0.1) is 5.56 Å². The Morgan fingerprint density at radius 3 is 1.19 bits per heavy atom. The van der Waals surface area contributed by atoms with E-state index in [0.717, 1.165) is 11.1 Å². The largest absolute Gasteiger partial charge is 0.524 e. The van der Waals surface area contributed by atoms with Crippen molar-refractivity contribution in [1.29, 1.82) is 0 Å². The number of phosphoric ester groups is 1. The third-order valence-corrected chi connectivity index (χ3v) is 6.31. The minimum atomic E-state index is -5.01. The van der Waals surface area contributed by atoms with Crippen LogP contribution in [0.3, 0.4) is 0 Å². The van der Waals surface area contributed by atoms with E-state index >= 15 is 0 Å². The van der Waals surface area contributed by atoms with Gasteiger partial charge in [0.25, 0.3) is 0 Å². The highest BCUT2D eigenvalue weighted by Crippen LogP contribution is 2.58. The minimum Gasteiger partial charge on any atom is -0.506 e. The zero-order valence-corrected chi connectivity index (χ0v) is 20.0. The lowest BCUT2D eigenvalue weighted by Gasteiger charge is -2.25. The summed E-state index contributed by atoms with van der Waals surface area (Å²) in [6.45, 7) is 0. The van der Waals surface area contributed by atoms with Crippen LogP contribution in [0.5, 0.6) is 11.5 Å². The fourth-order valence-electron chi connectivity index (χ4n) is 4.46. The first-order valence-corrected chi connectivity index (χ1v) is 12.9. The van der Waals surface area contributed by atoms with Crippen molar-refractivity contribution in [3.05, 3.63) is 121 Å². The Morgan fingerprint density at radius 2 is 0.806 bits per heavy atom.